The minimum Gasteiger partial charge on any atom is -0.325 e. The van der Waals surface area contributed by atoms with E-state index < -0.39 is 12.7 Å². The van der Waals surface area contributed by atoms with Crippen LogP contribution in [-0.4, -0.2) is 72.7 Å². The zero-order valence-electron chi connectivity index (χ0n) is 14.1. The highest BCUT2D eigenvalue weighted by molar-refractivity contribution is 5.97. The molecule has 25 heavy (non-hydrogen) atoms. The summed E-state index contributed by atoms with van der Waals surface area (Å²) < 4.78 is 37.5. The van der Waals surface area contributed by atoms with Gasteiger partial charge in [-0.15, -0.1) is 0 Å². The molecule has 7 heteroatoms. The zero-order valence-corrected chi connectivity index (χ0v) is 14.1. The van der Waals surface area contributed by atoms with Crippen LogP contribution in [0.4, 0.5) is 13.2 Å². The summed E-state index contributed by atoms with van der Waals surface area (Å²) in [6.45, 7) is 2.30. The molecule has 0 bridgehead atoms. The third-order valence-corrected chi connectivity index (χ3v) is 5.60. The number of rotatable bonds is 3. The maximum atomic E-state index is 12.8. The molecule has 1 aromatic rings. The van der Waals surface area contributed by atoms with Crippen molar-refractivity contribution in [1.29, 1.82) is 0 Å². The van der Waals surface area contributed by atoms with Crippen LogP contribution in [0.5, 0.6) is 0 Å². The molecule has 1 saturated heterocycles. The molecule has 0 radical (unpaired) electrons. The molecule has 0 aromatic heterocycles. The predicted molar refractivity (Wildman–Crippen MR) is 87.3 cm³/mol. The zero-order chi connectivity index (χ0) is 17.7. The van der Waals surface area contributed by atoms with Crippen molar-refractivity contribution in [2.24, 2.45) is 0 Å². The second-order valence-electron chi connectivity index (χ2n) is 7.48. The summed E-state index contributed by atoms with van der Waals surface area (Å²) >= 11 is 0. The molecular formula is C18H22F3N3O. The molecule has 1 spiro atoms. The van der Waals surface area contributed by atoms with Crippen molar-refractivity contribution >= 4 is 5.91 Å². The molecule has 136 valence electrons. The van der Waals surface area contributed by atoms with Gasteiger partial charge in [-0.3, -0.25) is 14.6 Å². The summed E-state index contributed by atoms with van der Waals surface area (Å²) in [6.07, 6.45) is -1.94. The normalized spacial score (nSPS) is 23.8. The van der Waals surface area contributed by atoms with Gasteiger partial charge in [-0.2, -0.15) is 13.2 Å². The molecule has 4 rings (SSSR count). The van der Waals surface area contributed by atoms with Gasteiger partial charge in [0, 0.05) is 43.7 Å². The van der Waals surface area contributed by atoms with Crippen LogP contribution in [0.3, 0.4) is 0 Å². The summed E-state index contributed by atoms with van der Waals surface area (Å²) in [4.78, 5) is 18.2. The number of carbonyl (C=O) groups excluding carboxylic acids is 1. The third-order valence-electron chi connectivity index (χ3n) is 5.60. The fraction of sp³-hybridized carbons (Fsp3) is 0.611. The highest BCUT2D eigenvalue weighted by Gasteiger charge is 2.51. The van der Waals surface area contributed by atoms with E-state index in [1.807, 2.05) is 23.1 Å². The Balaban J connectivity index is 1.39. The molecule has 1 aliphatic carbocycles. The summed E-state index contributed by atoms with van der Waals surface area (Å²) in [6, 6.07) is 7.84. The molecule has 1 aromatic carbocycles. The molecule has 3 aliphatic rings. The van der Waals surface area contributed by atoms with Gasteiger partial charge >= 0.3 is 6.18 Å². The van der Waals surface area contributed by atoms with E-state index in [1.165, 1.54) is 10.5 Å². The molecule has 1 saturated carbocycles. The number of fused-ring (bicyclic) bond motifs is 2. The second-order valence-corrected chi connectivity index (χ2v) is 7.48. The van der Waals surface area contributed by atoms with Crippen LogP contribution in [0.2, 0.25) is 0 Å². The Morgan fingerprint density at radius 1 is 1.00 bits per heavy atom. The first-order valence-corrected chi connectivity index (χ1v) is 8.77. The topological polar surface area (TPSA) is 26.8 Å². The summed E-state index contributed by atoms with van der Waals surface area (Å²) in [5, 5.41) is 0. The molecule has 2 heterocycles. The maximum absolute atomic E-state index is 12.8. The summed E-state index contributed by atoms with van der Waals surface area (Å²) in [5.41, 5.74) is 2.08. The van der Waals surface area contributed by atoms with E-state index in [2.05, 4.69) is 11.0 Å². The van der Waals surface area contributed by atoms with Crippen LogP contribution in [0.1, 0.15) is 28.8 Å². The Hall–Kier alpha value is -1.60. The Morgan fingerprint density at radius 3 is 2.28 bits per heavy atom. The molecule has 4 nitrogen and oxygen atoms in total. The lowest BCUT2D eigenvalue weighted by atomic mass is 9.87. The Labute approximate surface area is 145 Å². The lowest BCUT2D eigenvalue weighted by Crippen LogP contribution is -2.54. The van der Waals surface area contributed by atoms with Gasteiger partial charge in [-0.1, -0.05) is 18.2 Å². The van der Waals surface area contributed by atoms with Crippen molar-refractivity contribution in [3.63, 3.8) is 0 Å². The average Bonchev–Trinajstić information content (AvgIpc) is 3.33. The lowest BCUT2D eigenvalue weighted by molar-refractivity contribution is -0.149. The largest absolute Gasteiger partial charge is 0.401 e. The molecule has 2 fully saturated rings. The SMILES string of the molecule is O=C1c2ccccc2C2(CC2)CN1CN1CCN(CC(F)(F)F)CC1. The Bertz CT molecular complexity index is 664. The Kier molecular flexibility index (Phi) is 4.03. The summed E-state index contributed by atoms with van der Waals surface area (Å²) in [5.74, 6) is 0.0471. The first kappa shape index (κ1) is 16.8. The molecule has 2 aliphatic heterocycles. The van der Waals surface area contributed by atoms with Crippen LogP contribution >= 0.6 is 0 Å². The van der Waals surface area contributed by atoms with Crippen molar-refractivity contribution in [3.05, 3.63) is 35.4 Å². The molecule has 0 N–H and O–H groups in total. The van der Waals surface area contributed by atoms with Crippen molar-refractivity contribution in [3.8, 4) is 0 Å². The van der Waals surface area contributed by atoms with E-state index >= 15 is 0 Å². The number of hydrogen-bond donors (Lipinski definition) is 0. The van der Waals surface area contributed by atoms with Gasteiger partial charge in [0.05, 0.1) is 13.2 Å². The van der Waals surface area contributed by atoms with Gasteiger partial charge < -0.3 is 4.90 Å². The van der Waals surface area contributed by atoms with E-state index in [1.54, 1.807) is 0 Å². The fourth-order valence-corrected chi connectivity index (χ4v) is 4.10. The van der Waals surface area contributed by atoms with Gasteiger partial charge in [-0.25, -0.2) is 0 Å². The first-order valence-electron chi connectivity index (χ1n) is 8.77. The van der Waals surface area contributed by atoms with E-state index in [-0.39, 0.29) is 11.3 Å². The predicted octanol–water partition coefficient (Wildman–Crippen LogP) is 2.31. The quantitative estimate of drug-likeness (QED) is 0.834. The van der Waals surface area contributed by atoms with Crippen LogP contribution < -0.4 is 0 Å². The van der Waals surface area contributed by atoms with E-state index in [9.17, 15) is 18.0 Å². The number of alkyl halides is 3. The van der Waals surface area contributed by atoms with Crippen molar-refractivity contribution < 1.29 is 18.0 Å². The van der Waals surface area contributed by atoms with Gasteiger partial charge in [0.25, 0.3) is 5.91 Å². The van der Waals surface area contributed by atoms with Crippen molar-refractivity contribution in [2.45, 2.75) is 24.4 Å². The standard InChI is InChI=1S/C18H22F3N3O/c19-18(20,21)12-22-7-9-23(10-8-22)13-24-11-17(5-6-17)15-4-2-1-3-14(15)16(24)25/h1-4H,5-13H2. The summed E-state index contributed by atoms with van der Waals surface area (Å²) in [7, 11) is 0. The molecule has 0 unspecified atom stereocenters. The van der Waals surface area contributed by atoms with Gasteiger partial charge in [0.15, 0.2) is 0 Å². The fourth-order valence-electron chi connectivity index (χ4n) is 4.10. The van der Waals surface area contributed by atoms with Crippen molar-refractivity contribution in [1.82, 2.24) is 14.7 Å². The molecular weight excluding hydrogens is 331 g/mol. The molecule has 1 amide bonds. The smallest absolute Gasteiger partial charge is 0.325 e. The highest BCUT2D eigenvalue weighted by atomic mass is 19.4. The van der Waals surface area contributed by atoms with Crippen LogP contribution in [-0.2, 0) is 5.41 Å². The van der Waals surface area contributed by atoms with Crippen LogP contribution in [0.15, 0.2) is 24.3 Å². The van der Waals surface area contributed by atoms with Crippen LogP contribution in [0.25, 0.3) is 0 Å². The number of carbonyl (C=O) groups is 1. The maximum Gasteiger partial charge on any atom is 0.401 e. The monoisotopic (exact) mass is 353 g/mol. The number of hydrogen-bond acceptors (Lipinski definition) is 3. The second kappa shape index (κ2) is 5.99. The van der Waals surface area contributed by atoms with Crippen LogP contribution in [0, 0.1) is 0 Å². The first-order chi connectivity index (χ1) is 11.9. The van der Waals surface area contributed by atoms with Gasteiger partial charge in [0.2, 0.25) is 0 Å². The van der Waals surface area contributed by atoms with E-state index in [0.717, 1.165) is 24.9 Å². The lowest BCUT2D eigenvalue weighted by Gasteiger charge is -2.41. The number of nitrogens with zero attached hydrogens (tertiary/aromatic N) is 3. The highest BCUT2D eigenvalue weighted by Crippen LogP contribution is 2.52. The van der Waals surface area contributed by atoms with Gasteiger partial charge in [-0.05, 0) is 24.5 Å². The number of piperazine rings is 1. The molecule has 0 atom stereocenters. The number of amides is 1. The van der Waals surface area contributed by atoms with Gasteiger partial charge in [0.1, 0.15) is 0 Å². The minimum absolute atomic E-state index is 0.0471. The average molecular weight is 353 g/mol. The Morgan fingerprint density at radius 2 is 1.64 bits per heavy atom. The number of halogens is 3. The number of benzene rings is 1. The van der Waals surface area contributed by atoms with Crippen molar-refractivity contribution in [2.75, 3.05) is 45.9 Å². The third kappa shape index (κ3) is 3.40. The van der Waals surface area contributed by atoms with E-state index in [4.69, 9.17) is 0 Å². The minimum atomic E-state index is -4.15. The van der Waals surface area contributed by atoms with E-state index in [0.29, 0.717) is 32.8 Å².